The number of hydrogen-bond donors (Lipinski definition) is 1. The molecule has 19 heavy (non-hydrogen) atoms. The van der Waals surface area contributed by atoms with E-state index in [2.05, 4.69) is 42.8 Å². The average molecular weight is 262 g/mol. The van der Waals surface area contributed by atoms with Crippen molar-refractivity contribution in [1.82, 2.24) is 4.98 Å². The largest absolute Gasteiger partial charge is 0.396 e. The Bertz CT molecular complexity index is 390. The third-order valence-electron chi connectivity index (χ3n) is 3.98. The third-order valence-corrected chi connectivity index (χ3v) is 3.98. The van der Waals surface area contributed by atoms with E-state index in [1.54, 1.807) is 0 Å². The van der Waals surface area contributed by atoms with Gasteiger partial charge in [-0.05, 0) is 42.7 Å². The van der Waals surface area contributed by atoms with Crippen LogP contribution in [0.2, 0.25) is 0 Å². The fraction of sp³-hybridized carbons (Fsp3) is 0.688. The maximum atomic E-state index is 9.04. The van der Waals surface area contributed by atoms with Crippen LogP contribution in [0, 0.1) is 0 Å². The second-order valence-corrected chi connectivity index (χ2v) is 6.51. The lowest BCUT2D eigenvalue weighted by molar-refractivity contribution is 0.282. The number of nitrogens with zero attached hydrogens (tertiary/aromatic N) is 2. The Morgan fingerprint density at radius 1 is 1.32 bits per heavy atom. The fourth-order valence-corrected chi connectivity index (χ4v) is 2.42. The smallest absolute Gasteiger partial charge is 0.128 e. The van der Waals surface area contributed by atoms with E-state index in [0.717, 1.165) is 18.8 Å². The van der Waals surface area contributed by atoms with Crippen molar-refractivity contribution in [1.29, 1.82) is 0 Å². The lowest BCUT2D eigenvalue weighted by Crippen LogP contribution is -2.41. The van der Waals surface area contributed by atoms with Crippen molar-refractivity contribution in [3.8, 4) is 0 Å². The molecule has 3 nitrogen and oxygen atoms in total. The Labute approximate surface area is 116 Å². The quantitative estimate of drug-likeness (QED) is 0.885. The molecular weight excluding hydrogens is 236 g/mol. The molecule has 1 aromatic rings. The van der Waals surface area contributed by atoms with Gasteiger partial charge in [-0.15, -0.1) is 0 Å². The zero-order valence-corrected chi connectivity index (χ0v) is 12.4. The summed E-state index contributed by atoms with van der Waals surface area (Å²) in [6.45, 7) is 7.78. The topological polar surface area (TPSA) is 36.4 Å². The van der Waals surface area contributed by atoms with Crippen LogP contribution in [0.1, 0.15) is 52.0 Å². The summed E-state index contributed by atoms with van der Waals surface area (Å²) in [5.41, 5.74) is 1.42. The minimum Gasteiger partial charge on any atom is -0.396 e. The van der Waals surface area contributed by atoms with Gasteiger partial charge in [-0.2, -0.15) is 0 Å². The van der Waals surface area contributed by atoms with E-state index >= 15 is 0 Å². The first-order valence-electron chi connectivity index (χ1n) is 7.36. The highest BCUT2D eigenvalue weighted by Gasteiger charge is 2.25. The van der Waals surface area contributed by atoms with Gasteiger partial charge in [0.05, 0.1) is 0 Å². The first-order valence-corrected chi connectivity index (χ1v) is 7.36. The van der Waals surface area contributed by atoms with Crippen molar-refractivity contribution in [3.05, 3.63) is 23.9 Å². The van der Waals surface area contributed by atoms with E-state index in [1.807, 2.05) is 6.20 Å². The van der Waals surface area contributed by atoms with Gasteiger partial charge in [0.1, 0.15) is 5.82 Å². The second kappa shape index (κ2) is 5.91. The molecule has 0 bridgehead atoms. The molecule has 0 atom stereocenters. The zero-order chi connectivity index (χ0) is 13.9. The zero-order valence-electron chi connectivity index (χ0n) is 12.4. The molecule has 0 spiro atoms. The lowest BCUT2D eigenvalue weighted by atomic mass is 9.88. The molecule has 1 aliphatic carbocycles. The summed E-state index contributed by atoms with van der Waals surface area (Å²) in [6.07, 6.45) is 6.65. The third kappa shape index (κ3) is 3.47. The summed E-state index contributed by atoms with van der Waals surface area (Å²) in [4.78, 5) is 7.01. The first-order chi connectivity index (χ1) is 9.02. The van der Waals surface area contributed by atoms with Crippen LogP contribution in [0.4, 0.5) is 5.82 Å². The molecule has 0 aliphatic heterocycles. The summed E-state index contributed by atoms with van der Waals surface area (Å²) in [7, 11) is 0. The van der Waals surface area contributed by atoms with Gasteiger partial charge in [-0.1, -0.05) is 26.8 Å². The van der Waals surface area contributed by atoms with E-state index in [0.29, 0.717) is 6.04 Å². The van der Waals surface area contributed by atoms with Crippen LogP contribution in [0.3, 0.4) is 0 Å². The van der Waals surface area contributed by atoms with Gasteiger partial charge in [0.15, 0.2) is 0 Å². The van der Waals surface area contributed by atoms with Crippen LogP contribution in [0.15, 0.2) is 18.3 Å². The molecule has 1 saturated carbocycles. The average Bonchev–Trinajstić information content (AvgIpc) is 2.31. The van der Waals surface area contributed by atoms with Crippen molar-refractivity contribution in [2.24, 2.45) is 0 Å². The van der Waals surface area contributed by atoms with Gasteiger partial charge in [-0.25, -0.2) is 4.98 Å². The van der Waals surface area contributed by atoms with Crippen molar-refractivity contribution in [2.75, 3.05) is 18.1 Å². The molecule has 0 radical (unpaired) electrons. The predicted octanol–water partition coefficient (Wildman–Crippen LogP) is 3.12. The van der Waals surface area contributed by atoms with Crippen LogP contribution < -0.4 is 4.90 Å². The Balaban J connectivity index is 2.12. The van der Waals surface area contributed by atoms with E-state index in [4.69, 9.17) is 5.11 Å². The summed E-state index contributed by atoms with van der Waals surface area (Å²) in [5.74, 6) is 1.06. The first kappa shape index (κ1) is 14.3. The molecule has 0 amide bonds. The molecule has 0 unspecified atom stereocenters. The SMILES string of the molecule is CC(C)(C)c1ccc(N(CCCO)C2CCC2)nc1. The van der Waals surface area contributed by atoms with E-state index < -0.39 is 0 Å². The maximum absolute atomic E-state index is 9.04. The number of aliphatic hydroxyl groups excluding tert-OH is 1. The van der Waals surface area contributed by atoms with Crippen molar-refractivity contribution >= 4 is 5.82 Å². The normalized spacial score (nSPS) is 16.2. The number of pyridine rings is 1. The minimum absolute atomic E-state index is 0.151. The number of hydrogen-bond acceptors (Lipinski definition) is 3. The van der Waals surface area contributed by atoms with Gasteiger partial charge >= 0.3 is 0 Å². The second-order valence-electron chi connectivity index (χ2n) is 6.51. The highest BCUT2D eigenvalue weighted by atomic mass is 16.3. The van der Waals surface area contributed by atoms with Gasteiger partial charge in [-0.3, -0.25) is 0 Å². The van der Waals surface area contributed by atoms with E-state index in [1.165, 1.54) is 24.8 Å². The van der Waals surface area contributed by atoms with Gasteiger partial charge in [0.2, 0.25) is 0 Å². The Hall–Kier alpha value is -1.09. The standard InChI is InChI=1S/C16H26N2O/c1-16(2,3)13-8-9-15(17-12-13)18(10-5-11-19)14-6-4-7-14/h8-9,12,14,19H,4-7,10-11H2,1-3H3. The molecule has 1 N–H and O–H groups in total. The predicted molar refractivity (Wildman–Crippen MR) is 79.6 cm³/mol. The highest BCUT2D eigenvalue weighted by Crippen LogP contribution is 2.30. The maximum Gasteiger partial charge on any atom is 0.128 e. The summed E-state index contributed by atoms with van der Waals surface area (Å²) >= 11 is 0. The van der Waals surface area contributed by atoms with Crippen molar-refractivity contribution in [3.63, 3.8) is 0 Å². The van der Waals surface area contributed by atoms with Crippen molar-refractivity contribution < 1.29 is 5.11 Å². The molecule has 106 valence electrons. The van der Waals surface area contributed by atoms with Gasteiger partial charge < -0.3 is 10.0 Å². The monoisotopic (exact) mass is 262 g/mol. The summed E-state index contributed by atoms with van der Waals surface area (Å²) in [6, 6.07) is 4.95. The molecule has 2 rings (SSSR count). The van der Waals surface area contributed by atoms with Crippen LogP contribution in [0.5, 0.6) is 0 Å². The van der Waals surface area contributed by atoms with Gasteiger partial charge in [0.25, 0.3) is 0 Å². The number of aliphatic hydroxyl groups is 1. The summed E-state index contributed by atoms with van der Waals surface area (Å²) < 4.78 is 0. The Morgan fingerprint density at radius 2 is 2.05 bits per heavy atom. The van der Waals surface area contributed by atoms with Crippen LogP contribution in [0.25, 0.3) is 0 Å². The lowest BCUT2D eigenvalue weighted by Gasteiger charge is -2.38. The molecule has 0 saturated heterocycles. The van der Waals surface area contributed by atoms with Crippen LogP contribution in [-0.4, -0.2) is 29.3 Å². The summed E-state index contributed by atoms with van der Waals surface area (Å²) in [5, 5.41) is 9.04. The Kier molecular flexibility index (Phi) is 4.46. The molecular formula is C16H26N2O. The molecule has 1 aromatic heterocycles. The molecule has 3 heteroatoms. The highest BCUT2D eigenvalue weighted by molar-refractivity contribution is 5.42. The fourth-order valence-electron chi connectivity index (χ4n) is 2.42. The number of rotatable bonds is 5. The van der Waals surface area contributed by atoms with Gasteiger partial charge in [0, 0.05) is 25.4 Å². The van der Waals surface area contributed by atoms with E-state index in [9.17, 15) is 0 Å². The van der Waals surface area contributed by atoms with E-state index in [-0.39, 0.29) is 12.0 Å². The van der Waals surface area contributed by atoms with Crippen LogP contribution in [-0.2, 0) is 5.41 Å². The van der Waals surface area contributed by atoms with Crippen molar-refractivity contribution in [2.45, 2.75) is 57.9 Å². The Morgan fingerprint density at radius 3 is 2.47 bits per heavy atom. The number of aromatic nitrogens is 1. The minimum atomic E-state index is 0.151. The molecule has 1 fully saturated rings. The van der Waals surface area contributed by atoms with Crippen LogP contribution >= 0.6 is 0 Å². The molecule has 1 aliphatic rings. The molecule has 0 aromatic carbocycles. The molecule has 1 heterocycles. The number of anilines is 1.